The SMILES string of the molecule is C[C@@H]1CN(C(=O)OC(C)(C)C)C[C@@H]2Cc3ccc(CO)nc3N21. The standard InChI is InChI=1S/C17H25N3O3/c1-11-8-19(16(22)23-17(2,3)4)9-14-7-12-5-6-13(10-21)18-15(12)20(11)14/h5-6,11,14,21H,7-10H2,1-4H3/t11-,14+/m1/s1. The largest absolute Gasteiger partial charge is 0.444 e. The number of ether oxygens (including phenoxy) is 1. The van der Waals surface area contributed by atoms with Gasteiger partial charge in [0.2, 0.25) is 0 Å². The molecule has 0 unspecified atom stereocenters. The quantitative estimate of drug-likeness (QED) is 0.857. The molecule has 1 aromatic heterocycles. The van der Waals surface area contributed by atoms with Crippen LogP contribution < -0.4 is 4.90 Å². The molecule has 3 heterocycles. The summed E-state index contributed by atoms with van der Waals surface area (Å²) < 4.78 is 5.51. The summed E-state index contributed by atoms with van der Waals surface area (Å²) >= 11 is 0. The van der Waals surface area contributed by atoms with Gasteiger partial charge in [-0.2, -0.15) is 0 Å². The van der Waals surface area contributed by atoms with Crippen LogP contribution in [0, 0.1) is 0 Å². The minimum atomic E-state index is -0.478. The predicted octanol–water partition coefficient (Wildman–Crippen LogP) is 1.94. The van der Waals surface area contributed by atoms with E-state index in [2.05, 4.69) is 16.8 Å². The number of aliphatic hydroxyl groups excluding tert-OH is 1. The molecule has 23 heavy (non-hydrogen) atoms. The Morgan fingerprint density at radius 1 is 1.39 bits per heavy atom. The molecule has 2 aliphatic heterocycles. The number of piperazine rings is 1. The van der Waals surface area contributed by atoms with E-state index >= 15 is 0 Å². The summed E-state index contributed by atoms with van der Waals surface area (Å²) in [5, 5.41) is 9.30. The first-order chi connectivity index (χ1) is 10.8. The van der Waals surface area contributed by atoms with Crippen molar-refractivity contribution in [2.75, 3.05) is 18.0 Å². The topological polar surface area (TPSA) is 65.9 Å². The van der Waals surface area contributed by atoms with Crippen LogP contribution in [-0.4, -0.2) is 51.9 Å². The zero-order valence-corrected chi connectivity index (χ0v) is 14.2. The van der Waals surface area contributed by atoms with Crippen LogP contribution in [0.2, 0.25) is 0 Å². The highest BCUT2D eigenvalue weighted by Gasteiger charge is 2.41. The first-order valence-corrected chi connectivity index (χ1v) is 8.14. The molecule has 2 aliphatic rings. The van der Waals surface area contributed by atoms with Crippen molar-refractivity contribution in [3.05, 3.63) is 23.4 Å². The van der Waals surface area contributed by atoms with Crippen LogP contribution in [0.15, 0.2) is 12.1 Å². The molecule has 0 radical (unpaired) electrons. The average Bonchev–Trinajstić information content (AvgIpc) is 2.83. The fourth-order valence-electron chi connectivity index (χ4n) is 3.45. The van der Waals surface area contributed by atoms with Crippen molar-refractivity contribution in [1.82, 2.24) is 9.88 Å². The Labute approximate surface area is 137 Å². The van der Waals surface area contributed by atoms with E-state index in [1.54, 1.807) is 4.90 Å². The lowest BCUT2D eigenvalue weighted by atomic mass is 10.1. The molecule has 0 aliphatic carbocycles. The van der Waals surface area contributed by atoms with E-state index in [0.29, 0.717) is 18.8 Å². The van der Waals surface area contributed by atoms with Gasteiger partial charge < -0.3 is 19.6 Å². The van der Waals surface area contributed by atoms with Crippen molar-refractivity contribution >= 4 is 11.9 Å². The van der Waals surface area contributed by atoms with Gasteiger partial charge in [0.05, 0.1) is 18.3 Å². The molecule has 1 fully saturated rings. The predicted molar refractivity (Wildman–Crippen MR) is 87.4 cm³/mol. The number of amides is 1. The summed E-state index contributed by atoms with van der Waals surface area (Å²) in [7, 11) is 0. The zero-order valence-electron chi connectivity index (χ0n) is 14.2. The van der Waals surface area contributed by atoms with Crippen LogP contribution in [0.3, 0.4) is 0 Å². The highest BCUT2D eigenvalue weighted by atomic mass is 16.6. The number of aliphatic hydroxyl groups is 1. The molecule has 6 nitrogen and oxygen atoms in total. The Morgan fingerprint density at radius 3 is 2.78 bits per heavy atom. The molecule has 0 spiro atoms. The molecule has 0 bridgehead atoms. The van der Waals surface area contributed by atoms with Gasteiger partial charge in [0, 0.05) is 19.1 Å². The second-order valence-corrected chi connectivity index (χ2v) is 7.44. The lowest BCUT2D eigenvalue weighted by molar-refractivity contribution is 0.0191. The third-order valence-electron chi connectivity index (χ3n) is 4.31. The van der Waals surface area contributed by atoms with Gasteiger partial charge in [0.15, 0.2) is 0 Å². The Morgan fingerprint density at radius 2 is 2.13 bits per heavy atom. The average molecular weight is 319 g/mol. The summed E-state index contributed by atoms with van der Waals surface area (Å²) in [5.41, 5.74) is 1.39. The molecule has 2 atom stereocenters. The van der Waals surface area contributed by atoms with E-state index in [1.165, 1.54) is 5.56 Å². The van der Waals surface area contributed by atoms with Crippen LogP contribution in [0.4, 0.5) is 10.6 Å². The number of anilines is 1. The first kappa shape index (κ1) is 16.1. The molecule has 3 rings (SSSR count). The highest BCUT2D eigenvalue weighted by molar-refractivity contribution is 5.69. The number of fused-ring (bicyclic) bond motifs is 3. The number of carbonyl (C=O) groups excluding carboxylic acids is 1. The maximum absolute atomic E-state index is 12.4. The van der Waals surface area contributed by atoms with E-state index in [-0.39, 0.29) is 24.8 Å². The summed E-state index contributed by atoms with van der Waals surface area (Å²) in [5.74, 6) is 0.956. The summed E-state index contributed by atoms with van der Waals surface area (Å²) in [4.78, 5) is 21.0. The fraction of sp³-hybridized carbons (Fsp3) is 0.647. The third-order valence-corrected chi connectivity index (χ3v) is 4.31. The maximum atomic E-state index is 12.4. The number of hydrogen-bond acceptors (Lipinski definition) is 5. The van der Waals surface area contributed by atoms with Crippen LogP contribution in [0.1, 0.15) is 39.0 Å². The monoisotopic (exact) mass is 319 g/mol. The number of carbonyl (C=O) groups is 1. The minimum Gasteiger partial charge on any atom is -0.444 e. The molecule has 126 valence electrons. The smallest absolute Gasteiger partial charge is 0.410 e. The number of pyridine rings is 1. The normalized spacial score (nSPS) is 23.5. The van der Waals surface area contributed by atoms with Gasteiger partial charge >= 0.3 is 6.09 Å². The van der Waals surface area contributed by atoms with Crippen LogP contribution in [0.25, 0.3) is 0 Å². The van der Waals surface area contributed by atoms with Gasteiger partial charge in [-0.15, -0.1) is 0 Å². The van der Waals surface area contributed by atoms with E-state index in [4.69, 9.17) is 4.74 Å². The second-order valence-electron chi connectivity index (χ2n) is 7.44. The van der Waals surface area contributed by atoms with E-state index in [1.807, 2.05) is 32.9 Å². The molecule has 1 amide bonds. The molecular formula is C17H25N3O3. The Bertz CT molecular complexity index is 612. The van der Waals surface area contributed by atoms with Gasteiger partial charge in [0.25, 0.3) is 0 Å². The Balaban J connectivity index is 1.78. The van der Waals surface area contributed by atoms with Crippen molar-refractivity contribution in [2.45, 2.75) is 58.4 Å². The van der Waals surface area contributed by atoms with Gasteiger partial charge in [0.1, 0.15) is 11.4 Å². The van der Waals surface area contributed by atoms with Crippen molar-refractivity contribution < 1.29 is 14.6 Å². The lowest BCUT2D eigenvalue weighted by Crippen LogP contribution is -2.58. The van der Waals surface area contributed by atoms with E-state index < -0.39 is 5.60 Å². The number of hydrogen-bond donors (Lipinski definition) is 1. The molecule has 1 aromatic rings. The van der Waals surface area contributed by atoms with Crippen LogP contribution >= 0.6 is 0 Å². The molecule has 1 N–H and O–H groups in total. The van der Waals surface area contributed by atoms with E-state index in [9.17, 15) is 9.90 Å². The van der Waals surface area contributed by atoms with Gasteiger partial charge in [-0.1, -0.05) is 6.07 Å². The van der Waals surface area contributed by atoms with Gasteiger partial charge in [-0.25, -0.2) is 9.78 Å². The van der Waals surface area contributed by atoms with Crippen molar-refractivity contribution in [3.8, 4) is 0 Å². The van der Waals surface area contributed by atoms with Crippen LogP contribution in [0.5, 0.6) is 0 Å². The van der Waals surface area contributed by atoms with Crippen molar-refractivity contribution in [1.29, 1.82) is 0 Å². The second kappa shape index (κ2) is 5.67. The lowest BCUT2D eigenvalue weighted by Gasteiger charge is -2.43. The molecule has 0 aromatic carbocycles. The molecule has 0 saturated carbocycles. The maximum Gasteiger partial charge on any atom is 0.410 e. The van der Waals surface area contributed by atoms with Gasteiger partial charge in [-0.3, -0.25) is 0 Å². The molecule has 1 saturated heterocycles. The van der Waals surface area contributed by atoms with Crippen LogP contribution in [-0.2, 0) is 17.8 Å². The molecular weight excluding hydrogens is 294 g/mol. The Kier molecular flexibility index (Phi) is 3.96. The Hall–Kier alpha value is -1.82. The number of nitrogens with zero attached hydrogens (tertiary/aromatic N) is 3. The van der Waals surface area contributed by atoms with E-state index in [0.717, 1.165) is 12.2 Å². The summed E-state index contributed by atoms with van der Waals surface area (Å²) in [6.45, 7) is 8.97. The number of aromatic nitrogens is 1. The fourth-order valence-corrected chi connectivity index (χ4v) is 3.45. The van der Waals surface area contributed by atoms with Crippen molar-refractivity contribution in [3.63, 3.8) is 0 Å². The summed E-state index contributed by atoms with van der Waals surface area (Å²) in [6.07, 6.45) is 0.626. The van der Waals surface area contributed by atoms with Gasteiger partial charge in [-0.05, 0) is 45.7 Å². The minimum absolute atomic E-state index is 0.0514. The summed E-state index contributed by atoms with van der Waals surface area (Å²) in [6, 6.07) is 4.30. The zero-order chi connectivity index (χ0) is 16.8. The first-order valence-electron chi connectivity index (χ1n) is 8.14. The number of rotatable bonds is 1. The third kappa shape index (κ3) is 3.13. The molecule has 6 heteroatoms. The highest BCUT2D eigenvalue weighted by Crippen LogP contribution is 2.35. The van der Waals surface area contributed by atoms with Crippen molar-refractivity contribution in [2.24, 2.45) is 0 Å².